The monoisotopic (exact) mass is 935 g/mol. The first-order valence-corrected chi connectivity index (χ1v) is 24.1. The number of carbonyl (C=O) groups excluding carboxylic acids is 5. The summed E-state index contributed by atoms with van der Waals surface area (Å²) in [5, 5.41) is 6.17. The fourth-order valence-electron chi connectivity index (χ4n) is 8.88. The van der Waals surface area contributed by atoms with Crippen molar-refractivity contribution < 1.29 is 51.3 Å². The van der Waals surface area contributed by atoms with Crippen LogP contribution < -0.4 is 24.8 Å². The van der Waals surface area contributed by atoms with Gasteiger partial charge >= 0.3 is 12.1 Å². The van der Waals surface area contributed by atoms with Crippen LogP contribution in [0.1, 0.15) is 71.8 Å². The first-order valence-electron chi connectivity index (χ1n) is 22.6. The number of benzene rings is 3. The van der Waals surface area contributed by atoms with E-state index in [1.54, 1.807) is 53.0 Å². The second-order valence-electron chi connectivity index (χ2n) is 19.1. The SMILES string of the molecule is C=CC1CC1(NC(=O)C1CC(Oc2cc(-c3ccccc3)nc3cc(OC)ccc23)CN1C(=O)C(NC(=O)OC1(C(=O)OCC)CC1)C(C)(C)C)C(=O)NS(=O)(=O)C1(Cc2ccccc2)CC1. The van der Waals surface area contributed by atoms with Crippen LogP contribution in [0.15, 0.2) is 97.6 Å². The predicted octanol–water partition coefficient (Wildman–Crippen LogP) is 5.78. The number of sulfonamides is 1. The Morgan fingerprint density at radius 1 is 0.955 bits per heavy atom. The zero-order chi connectivity index (χ0) is 47.9. The maximum atomic E-state index is 15.0. The second-order valence-corrected chi connectivity index (χ2v) is 21.1. The summed E-state index contributed by atoms with van der Waals surface area (Å²) >= 11 is 0. The quantitative estimate of drug-likeness (QED) is 0.0851. The molecule has 16 nitrogen and oxygen atoms in total. The summed E-state index contributed by atoms with van der Waals surface area (Å²) in [4.78, 5) is 76.5. The molecule has 5 unspecified atom stereocenters. The van der Waals surface area contributed by atoms with Crippen molar-refractivity contribution in [2.75, 3.05) is 20.3 Å². The van der Waals surface area contributed by atoms with Crippen LogP contribution in [0.4, 0.5) is 4.79 Å². The number of pyridine rings is 1. The van der Waals surface area contributed by atoms with Crippen LogP contribution in [0.25, 0.3) is 22.2 Å². The van der Waals surface area contributed by atoms with Gasteiger partial charge in [0.15, 0.2) is 0 Å². The van der Waals surface area contributed by atoms with E-state index in [-0.39, 0.29) is 45.3 Å². The molecular formula is C50H57N5O11S. The predicted molar refractivity (Wildman–Crippen MR) is 248 cm³/mol. The third-order valence-corrected chi connectivity index (χ3v) is 15.4. The molecule has 0 radical (unpaired) electrons. The lowest BCUT2D eigenvalue weighted by molar-refractivity contribution is -0.155. The second kappa shape index (κ2) is 18.0. The van der Waals surface area contributed by atoms with Crippen molar-refractivity contribution >= 4 is 50.7 Å². The highest BCUT2D eigenvalue weighted by atomic mass is 32.2. The third-order valence-electron chi connectivity index (χ3n) is 13.2. The van der Waals surface area contributed by atoms with Crippen molar-refractivity contribution in [2.45, 2.75) is 107 Å². The molecule has 67 heavy (non-hydrogen) atoms. The van der Waals surface area contributed by atoms with Crippen LogP contribution in [-0.4, -0.2) is 102 Å². The number of methoxy groups -OCH3 is 1. The van der Waals surface area contributed by atoms with Crippen molar-refractivity contribution in [1.82, 2.24) is 25.2 Å². The van der Waals surface area contributed by atoms with E-state index in [9.17, 15) is 27.6 Å². The summed E-state index contributed by atoms with van der Waals surface area (Å²) in [6, 6.07) is 23.3. The van der Waals surface area contributed by atoms with Gasteiger partial charge in [0.1, 0.15) is 35.2 Å². The summed E-state index contributed by atoms with van der Waals surface area (Å²) < 4.78 is 52.0. The molecule has 1 aromatic heterocycles. The lowest BCUT2D eigenvalue weighted by Gasteiger charge is -2.35. The van der Waals surface area contributed by atoms with Crippen molar-refractivity contribution in [3.8, 4) is 22.8 Å². The van der Waals surface area contributed by atoms with Crippen LogP contribution >= 0.6 is 0 Å². The van der Waals surface area contributed by atoms with Gasteiger partial charge in [-0.3, -0.25) is 19.1 Å². The van der Waals surface area contributed by atoms with Gasteiger partial charge in [-0.25, -0.2) is 23.0 Å². The van der Waals surface area contributed by atoms with Crippen LogP contribution in [0.3, 0.4) is 0 Å². The van der Waals surface area contributed by atoms with Crippen LogP contribution in [0, 0.1) is 11.3 Å². The van der Waals surface area contributed by atoms with E-state index >= 15 is 4.79 Å². The average molecular weight is 936 g/mol. The minimum absolute atomic E-state index is 0.0551. The van der Waals surface area contributed by atoms with Gasteiger partial charge in [-0.05, 0) is 55.7 Å². The number of fused-ring (bicyclic) bond motifs is 1. The van der Waals surface area contributed by atoms with Crippen molar-refractivity contribution in [3.05, 3.63) is 103 Å². The van der Waals surface area contributed by atoms with Gasteiger partial charge < -0.3 is 34.5 Å². The van der Waals surface area contributed by atoms with E-state index < -0.39 is 85.2 Å². The molecule has 0 spiro atoms. The Bertz CT molecular complexity index is 2700. The van der Waals surface area contributed by atoms with Gasteiger partial charge in [-0.1, -0.05) is 87.5 Å². The number of hydrogen-bond acceptors (Lipinski definition) is 12. The Labute approximate surface area is 390 Å². The van der Waals surface area contributed by atoms with Gasteiger partial charge in [0.05, 0.1) is 36.2 Å². The van der Waals surface area contributed by atoms with Gasteiger partial charge in [-0.15, -0.1) is 6.58 Å². The van der Waals surface area contributed by atoms with Gasteiger partial charge in [0, 0.05) is 48.3 Å². The first-order chi connectivity index (χ1) is 31.9. The molecule has 3 saturated carbocycles. The van der Waals surface area contributed by atoms with Gasteiger partial charge in [0.25, 0.3) is 5.91 Å². The molecule has 3 aliphatic carbocycles. The molecule has 0 bridgehead atoms. The molecule has 1 saturated heterocycles. The maximum Gasteiger partial charge on any atom is 0.408 e. The summed E-state index contributed by atoms with van der Waals surface area (Å²) in [6.07, 6.45) is 1.16. The van der Waals surface area contributed by atoms with E-state index in [0.717, 1.165) is 11.1 Å². The van der Waals surface area contributed by atoms with Gasteiger partial charge in [-0.2, -0.15) is 0 Å². The minimum atomic E-state index is -4.21. The third kappa shape index (κ3) is 9.56. The minimum Gasteiger partial charge on any atom is -0.497 e. The Morgan fingerprint density at radius 3 is 2.24 bits per heavy atom. The van der Waals surface area contributed by atoms with E-state index in [1.165, 1.54) is 11.0 Å². The summed E-state index contributed by atoms with van der Waals surface area (Å²) in [5.41, 5.74) is -1.27. The van der Waals surface area contributed by atoms with Crippen LogP contribution in [-0.2, 0) is 45.1 Å². The molecule has 17 heteroatoms. The summed E-state index contributed by atoms with van der Waals surface area (Å²) in [5.74, 6) is -2.57. The highest BCUT2D eigenvalue weighted by Gasteiger charge is 2.64. The molecule has 2 heterocycles. The van der Waals surface area contributed by atoms with Crippen molar-refractivity contribution in [1.29, 1.82) is 0 Å². The standard InChI is InChI=1S/C50H57N5O11S/c1-7-33-29-50(33,44(58)54-67(61,62)48(21-22-48)28-31-15-11-9-12-16-31)53-42(56)39-26-35(65-40-27-37(32-17-13-10-14-18-32)51-38-25-34(63-6)19-20-36(38)40)30-55(39)43(57)41(47(3,4)5)52-46(60)66-49(23-24-49)45(59)64-8-2/h7,9-20,25,27,33,35,39,41H,1,8,21-24,26,28-30H2,2-6H3,(H,52,60)(H,53,56)(H,54,58). The lowest BCUT2D eigenvalue weighted by atomic mass is 9.85. The Balaban J connectivity index is 1.09. The van der Waals surface area contributed by atoms with E-state index in [1.807, 2.05) is 66.7 Å². The zero-order valence-electron chi connectivity index (χ0n) is 38.3. The molecular weight excluding hydrogens is 879 g/mol. The molecule has 4 amide bonds. The van der Waals surface area contributed by atoms with E-state index in [4.69, 9.17) is 23.9 Å². The normalized spacial score (nSPS) is 22.6. The molecule has 5 atom stereocenters. The van der Waals surface area contributed by atoms with Crippen molar-refractivity contribution in [2.24, 2.45) is 11.3 Å². The molecule has 8 rings (SSSR count). The molecule has 4 aromatic rings. The van der Waals surface area contributed by atoms with Crippen LogP contribution in [0.2, 0.25) is 0 Å². The van der Waals surface area contributed by atoms with Gasteiger partial charge in [0.2, 0.25) is 27.4 Å². The number of nitrogens with one attached hydrogen (secondary N) is 3. The molecule has 1 aliphatic heterocycles. The first kappa shape index (κ1) is 47.0. The largest absolute Gasteiger partial charge is 0.497 e. The molecule has 3 N–H and O–H groups in total. The number of amides is 4. The number of alkyl carbamates (subject to hydrolysis) is 1. The summed E-state index contributed by atoms with van der Waals surface area (Å²) in [6.45, 7) is 10.7. The fraction of sp³-hybridized carbons (Fsp3) is 0.440. The highest BCUT2D eigenvalue weighted by molar-refractivity contribution is 7.91. The topological polar surface area (TPSA) is 209 Å². The Hall–Kier alpha value is -6.49. The molecule has 4 fully saturated rings. The number of carbonyl (C=O) groups is 5. The number of esters is 1. The van der Waals surface area contributed by atoms with E-state index in [2.05, 4.69) is 21.9 Å². The number of aromatic nitrogens is 1. The molecule has 3 aromatic carbocycles. The maximum absolute atomic E-state index is 15.0. The van der Waals surface area contributed by atoms with Crippen LogP contribution in [0.5, 0.6) is 11.5 Å². The number of ether oxygens (including phenoxy) is 4. The number of rotatable bonds is 17. The smallest absolute Gasteiger partial charge is 0.408 e. The average Bonchev–Trinajstić information content (AvgIpc) is 4.26. The zero-order valence-corrected chi connectivity index (χ0v) is 39.2. The number of likely N-dealkylation sites (tertiary alicyclic amines) is 1. The lowest BCUT2D eigenvalue weighted by Crippen LogP contribution is -2.60. The highest BCUT2D eigenvalue weighted by Crippen LogP contribution is 2.49. The fourth-order valence-corrected chi connectivity index (χ4v) is 10.5. The van der Waals surface area contributed by atoms with Crippen molar-refractivity contribution in [3.63, 3.8) is 0 Å². The molecule has 4 aliphatic rings. The molecule has 354 valence electrons. The Kier molecular flexibility index (Phi) is 12.6. The summed E-state index contributed by atoms with van der Waals surface area (Å²) in [7, 11) is -2.65. The number of hydrogen-bond donors (Lipinski definition) is 3. The van der Waals surface area contributed by atoms with E-state index in [0.29, 0.717) is 40.9 Å². The number of nitrogens with zero attached hydrogens (tertiary/aromatic N) is 2. The Morgan fingerprint density at radius 2 is 1.64 bits per heavy atom.